The van der Waals surface area contributed by atoms with Gasteiger partial charge in [-0.05, 0) is 18.1 Å². The number of H-pyrrole nitrogens is 1. The molecule has 1 aromatic carbocycles. The number of benzene rings is 1. The van der Waals surface area contributed by atoms with Crippen LogP contribution in [-0.2, 0) is 0 Å². The van der Waals surface area contributed by atoms with Crippen LogP contribution in [0.4, 0.5) is 8.78 Å². The summed E-state index contributed by atoms with van der Waals surface area (Å²) in [6.07, 6.45) is -1.21. The molecule has 0 unspecified atom stereocenters. The fourth-order valence-corrected chi connectivity index (χ4v) is 2.79. The summed E-state index contributed by atoms with van der Waals surface area (Å²) >= 11 is 0. The van der Waals surface area contributed by atoms with E-state index in [1.807, 2.05) is 0 Å². The Labute approximate surface area is 130 Å². The number of rotatable bonds is 4. The first-order chi connectivity index (χ1) is 11.0. The molecule has 1 aliphatic heterocycles. The van der Waals surface area contributed by atoms with Gasteiger partial charge >= 0.3 is 0 Å². The molecule has 2 aromatic rings. The summed E-state index contributed by atoms with van der Waals surface area (Å²) in [5.41, 5.74) is 0.229. The topological polar surface area (TPSA) is 62.4 Å². The number of fused-ring (bicyclic) bond motifs is 1. The first-order valence-corrected chi connectivity index (χ1v) is 7.26. The van der Waals surface area contributed by atoms with Crippen LogP contribution in [-0.4, -0.2) is 42.4 Å². The van der Waals surface area contributed by atoms with E-state index in [2.05, 4.69) is 4.98 Å². The van der Waals surface area contributed by atoms with E-state index >= 15 is 0 Å². The highest BCUT2D eigenvalue weighted by Gasteiger charge is 2.33. The van der Waals surface area contributed by atoms with Crippen LogP contribution in [0.2, 0.25) is 0 Å². The van der Waals surface area contributed by atoms with E-state index in [-0.39, 0.29) is 36.4 Å². The number of pyridine rings is 1. The molecule has 3 rings (SSSR count). The molecule has 1 saturated heterocycles. The SMILES string of the molecule is COc1ccc2c(=O)c(C(=O)N3CC(CC(F)F)C3)c[nH]c2c1. The van der Waals surface area contributed by atoms with Gasteiger partial charge in [-0.1, -0.05) is 0 Å². The average molecular weight is 322 g/mol. The zero-order chi connectivity index (χ0) is 16.6. The van der Waals surface area contributed by atoms with Gasteiger partial charge in [0.2, 0.25) is 11.9 Å². The first kappa shape index (κ1) is 15.5. The smallest absolute Gasteiger partial charge is 0.259 e. The van der Waals surface area contributed by atoms with Crippen molar-refractivity contribution in [2.75, 3.05) is 20.2 Å². The first-order valence-electron chi connectivity index (χ1n) is 7.26. The van der Waals surface area contributed by atoms with Gasteiger partial charge in [0.1, 0.15) is 11.3 Å². The second kappa shape index (κ2) is 5.98. The number of amides is 1. The van der Waals surface area contributed by atoms with Gasteiger partial charge in [-0.2, -0.15) is 0 Å². The molecule has 1 aliphatic rings. The van der Waals surface area contributed by atoms with Crippen molar-refractivity contribution in [3.05, 3.63) is 40.2 Å². The Balaban J connectivity index is 1.82. The number of likely N-dealkylation sites (tertiary alicyclic amines) is 1. The Morgan fingerprint density at radius 2 is 2.17 bits per heavy atom. The van der Waals surface area contributed by atoms with E-state index in [9.17, 15) is 18.4 Å². The van der Waals surface area contributed by atoms with Crippen molar-refractivity contribution in [3.8, 4) is 5.75 Å². The quantitative estimate of drug-likeness (QED) is 0.939. The second-order valence-electron chi connectivity index (χ2n) is 5.65. The Morgan fingerprint density at radius 1 is 1.43 bits per heavy atom. The van der Waals surface area contributed by atoms with Crippen molar-refractivity contribution >= 4 is 16.8 Å². The Bertz CT molecular complexity index is 798. The number of carbonyl (C=O) groups is 1. The van der Waals surface area contributed by atoms with E-state index in [1.54, 1.807) is 18.2 Å². The minimum Gasteiger partial charge on any atom is -0.497 e. The number of carbonyl (C=O) groups excluding carboxylic acids is 1. The molecular formula is C16H16F2N2O3. The third-order valence-corrected chi connectivity index (χ3v) is 4.07. The maximum Gasteiger partial charge on any atom is 0.259 e. The highest BCUT2D eigenvalue weighted by molar-refractivity contribution is 5.97. The molecule has 5 nitrogen and oxygen atoms in total. The lowest BCUT2D eigenvalue weighted by molar-refractivity contribution is 0.0279. The normalized spacial score (nSPS) is 15.0. The van der Waals surface area contributed by atoms with Gasteiger partial charge in [0.15, 0.2) is 0 Å². The standard InChI is InChI=1S/C16H16F2N2O3/c1-23-10-2-3-11-13(5-10)19-6-12(15(11)21)16(22)20-7-9(8-20)4-14(17)18/h2-3,5-6,9,14H,4,7-8H2,1H3,(H,19,21). The monoisotopic (exact) mass is 322 g/mol. The van der Waals surface area contributed by atoms with Gasteiger partial charge in [0.05, 0.1) is 12.6 Å². The molecule has 1 N–H and O–H groups in total. The van der Waals surface area contributed by atoms with Gasteiger partial charge in [0.25, 0.3) is 5.91 Å². The predicted molar refractivity (Wildman–Crippen MR) is 81.1 cm³/mol. The summed E-state index contributed by atoms with van der Waals surface area (Å²) in [7, 11) is 1.52. The van der Waals surface area contributed by atoms with E-state index < -0.39 is 12.3 Å². The van der Waals surface area contributed by atoms with Crippen molar-refractivity contribution < 1.29 is 18.3 Å². The number of methoxy groups -OCH3 is 1. The van der Waals surface area contributed by atoms with Gasteiger partial charge in [-0.15, -0.1) is 0 Å². The summed E-state index contributed by atoms with van der Waals surface area (Å²) in [6, 6.07) is 4.92. The van der Waals surface area contributed by atoms with Gasteiger partial charge in [-0.25, -0.2) is 8.78 Å². The molecule has 1 aromatic heterocycles. The number of aromatic nitrogens is 1. The van der Waals surface area contributed by atoms with Crippen LogP contribution in [0.25, 0.3) is 10.9 Å². The lowest BCUT2D eigenvalue weighted by Gasteiger charge is -2.39. The number of hydrogen-bond acceptors (Lipinski definition) is 3. The molecular weight excluding hydrogens is 306 g/mol. The van der Waals surface area contributed by atoms with E-state index in [1.165, 1.54) is 18.2 Å². The largest absolute Gasteiger partial charge is 0.497 e. The summed E-state index contributed by atoms with van der Waals surface area (Å²) in [6.45, 7) is 0.534. The third-order valence-electron chi connectivity index (χ3n) is 4.07. The molecule has 1 amide bonds. The van der Waals surface area contributed by atoms with Crippen LogP contribution in [0.5, 0.6) is 5.75 Å². The number of hydrogen-bond donors (Lipinski definition) is 1. The van der Waals surface area contributed by atoms with Crippen molar-refractivity contribution in [1.82, 2.24) is 9.88 Å². The molecule has 0 bridgehead atoms. The van der Waals surface area contributed by atoms with Crippen LogP contribution >= 0.6 is 0 Å². The summed E-state index contributed by atoms with van der Waals surface area (Å²) < 4.78 is 29.7. The lowest BCUT2D eigenvalue weighted by atomic mass is 9.95. The number of nitrogens with one attached hydrogen (secondary N) is 1. The van der Waals surface area contributed by atoms with E-state index in [4.69, 9.17) is 4.74 Å². The number of nitrogens with zero attached hydrogens (tertiary/aromatic N) is 1. The van der Waals surface area contributed by atoms with Crippen molar-refractivity contribution in [1.29, 1.82) is 0 Å². The molecule has 2 heterocycles. The minimum atomic E-state index is -2.36. The molecule has 1 fully saturated rings. The third kappa shape index (κ3) is 2.91. The Hall–Kier alpha value is -2.44. The number of alkyl halides is 2. The van der Waals surface area contributed by atoms with Gasteiger partial charge in [0, 0.05) is 37.2 Å². The fourth-order valence-electron chi connectivity index (χ4n) is 2.79. The summed E-state index contributed by atoms with van der Waals surface area (Å²) in [5, 5.41) is 0.390. The van der Waals surface area contributed by atoms with Crippen LogP contribution in [0.1, 0.15) is 16.8 Å². The maximum absolute atomic E-state index is 12.4. The summed E-state index contributed by atoms with van der Waals surface area (Å²) in [5.74, 6) is -0.0120. The molecule has 0 aliphatic carbocycles. The summed E-state index contributed by atoms with van der Waals surface area (Å²) in [4.78, 5) is 29.1. The predicted octanol–water partition coefficient (Wildman–Crippen LogP) is 2.26. The number of aromatic amines is 1. The molecule has 122 valence electrons. The number of halogens is 2. The second-order valence-corrected chi connectivity index (χ2v) is 5.65. The van der Waals surface area contributed by atoms with Gasteiger partial charge in [-0.3, -0.25) is 9.59 Å². The highest BCUT2D eigenvalue weighted by atomic mass is 19.3. The van der Waals surface area contributed by atoms with Crippen molar-refractivity contribution in [3.63, 3.8) is 0 Å². The van der Waals surface area contributed by atoms with Gasteiger partial charge < -0.3 is 14.6 Å². The molecule has 0 spiro atoms. The molecule has 0 atom stereocenters. The lowest BCUT2D eigenvalue weighted by Crippen LogP contribution is -2.51. The zero-order valence-corrected chi connectivity index (χ0v) is 12.5. The molecule has 23 heavy (non-hydrogen) atoms. The van der Waals surface area contributed by atoms with Crippen LogP contribution in [0.3, 0.4) is 0 Å². The maximum atomic E-state index is 12.4. The van der Waals surface area contributed by atoms with E-state index in [0.29, 0.717) is 16.7 Å². The number of ether oxygens (including phenoxy) is 1. The molecule has 0 saturated carbocycles. The molecule has 7 heteroatoms. The highest BCUT2D eigenvalue weighted by Crippen LogP contribution is 2.24. The minimum absolute atomic E-state index is 0.0261. The van der Waals surface area contributed by atoms with Crippen LogP contribution < -0.4 is 10.2 Å². The van der Waals surface area contributed by atoms with E-state index in [0.717, 1.165) is 0 Å². The average Bonchev–Trinajstić information content (AvgIpc) is 2.49. The molecule has 0 radical (unpaired) electrons. The fraction of sp³-hybridized carbons (Fsp3) is 0.375. The zero-order valence-electron chi connectivity index (χ0n) is 12.5. The Kier molecular flexibility index (Phi) is 4.02. The van der Waals surface area contributed by atoms with Crippen LogP contribution in [0, 0.1) is 5.92 Å². The van der Waals surface area contributed by atoms with Crippen molar-refractivity contribution in [2.24, 2.45) is 5.92 Å². The Morgan fingerprint density at radius 3 is 2.83 bits per heavy atom. The van der Waals surface area contributed by atoms with Crippen molar-refractivity contribution in [2.45, 2.75) is 12.8 Å². The van der Waals surface area contributed by atoms with Crippen LogP contribution in [0.15, 0.2) is 29.2 Å².